The van der Waals surface area contributed by atoms with E-state index >= 15 is 0 Å². The van der Waals surface area contributed by atoms with Gasteiger partial charge in [-0.3, -0.25) is 4.79 Å². The molecule has 1 aromatic rings. The molecule has 0 bridgehead atoms. The molecule has 2 nitrogen and oxygen atoms in total. The van der Waals surface area contributed by atoms with Gasteiger partial charge >= 0.3 is 0 Å². The average Bonchev–Trinajstić information content (AvgIpc) is 2.31. The molecule has 0 spiro atoms. The number of primary amides is 1. The molecular weight excluding hydrogens is 198 g/mol. The van der Waals surface area contributed by atoms with E-state index in [2.05, 4.69) is 12.2 Å². The summed E-state index contributed by atoms with van der Waals surface area (Å²) in [4.78, 5) is 11.6. The molecule has 2 heteroatoms. The number of hydrogen-bond acceptors (Lipinski definition) is 1. The number of allylic oxidation sites excluding steroid dienone is 4. The smallest absolute Gasteiger partial charge is 0.225 e. The van der Waals surface area contributed by atoms with Crippen LogP contribution in [0.15, 0.2) is 54.6 Å². The first-order chi connectivity index (χ1) is 7.79. The molecule has 0 aliphatic heterocycles. The van der Waals surface area contributed by atoms with E-state index in [9.17, 15) is 4.79 Å². The van der Waals surface area contributed by atoms with Gasteiger partial charge in [-0.1, -0.05) is 54.6 Å². The van der Waals surface area contributed by atoms with Gasteiger partial charge < -0.3 is 5.73 Å². The lowest BCUT2D eigenvalue weighted by atomic mass is 9.82. The highest BCUT2D eigenvalue weighted by molar-refractivity contribution is 5.82. The Morgan fingerprint density at radius 3 is 2.56 bits per heavy atom. The first-order valence-corrected chi connectivity index (χ1v) is 5.46. The van der Waals surface area contributed by atoms with Gasteiger partial charge in [-0.2, -0.15) is 0 Å². The monoisotopic (exact) mass is 213 g/mol. The lowest BCUT2D eigenvalue weighted by Crippen LogP contribution is -2.27. The van der Waals surface area contributed by atoms with Crippen LogP contribution in [-0.4, -0.2) is 5.91 Å². The molecule has 0 saturated carbocycles. The number of carbonyl (C=O) groups is 1. The Kier molecular flexibility index (Phi) is 3.20. The number of benzene rings is 1. The fourth-order valence-corrected chi connectivity index (χ4v) is 2.13. The van der Waals surface area contributed by atoms with Crippen molar-refractivity contribution < 1.29 is 4.79 Å². The Bertz CT molecular complexity index is 420. The maximum Gasteiger partial charge on any atom is 0.225 e. The predicted molar refractivity (Wildman–Crippen MR) is 64.8 cm³/mol. The van der Waals surface area contributed by atoms with Crippen LogP contribution in [0.4, 0.5) is 0 Å². The first-order valence-electron chi connectivity index (χ1n) is 5.46. The van der Waals surface area contributed by atoms with Gasteiger partial charge in [0, 0.05) is 0 Å². The van der Waals surface area contributed by atoms with Gasteiger partial charge in [0.25, 0.3) is 0 Å². The minimum absolute atomic E-state index is 0.185. The van der Waals surface area contributed by atoms with Gasteiger partial charge in [-0.25, -0.2) is 0 Å². The molecule has 82 valence electrons. The van der Waals surface area contributed by atoms with Crippen molar-refractivity contribution in [2.75, 3.05) is 0 Å². The van der Waals surface area contributed by atoms with Crippen LogP contribution in [0.3, 0.4) is 0 Å². The van der Waals surface area contributed by atoms with E-state index in [1.807, 2.05) is 42.5 Å². The third-order valence-corrected chi connectivity index (χ3v) is 2.91. The maximum absolute atomic E-state index is 11.6. The van der Waals surface area contributed by atoms with Crippen LogP contribution in [0.5, 0.6) is 0 Å². The lowest BCUT2D eigenvalue weighted by molar-refractivity contribution is -0.120. The minimum atomic E-state index is -0.254. The highest BCUT2D eigenvalue weighted by Gasteiger charge is 2.25. The molecule has 0 radical (unpaired) electrons. The van der Waals surface area contributed by atoms with Crippen LogP contribution in [0, 0.1) is 5.92 Å². The van der Waals surface area contributed by atoms with Crippen molar-refractivity contribution in [2.24, 2.45) is 11.7 Å². The molecule has 1 aliphatic carbocycles. The van der Waals surface area contributed by atoms with E-state index in [0.717, 1.165) is 12.0 Å². The highest BCUT2D eigenvalue weighted by atomic mass is 16.1. The number of nitrogens with two attached hydrogens (primary N) is 1. The average molecular weight is 213 g/mol. The second-order valence-electron chi connectivity index (χ2n) is 4.00. The van der Waals surface area contributed by atoms with Gasteiger partial charge in [0.15, 0.2) is 0 Å². The fraction of sp³-hybridized carbons (Fsp3) is 0.214. The summed E-state index contributed by atoms with van der Waals surface area (Å²) >= 11 is 0. The van der Waals surface area contributed by atoms with Crippen LogP contribution in [0.25, 0.3) is 0 Å². The highest BCUT2D eigenvalue weighted by Crippen LogP contribution is 2.30. The van der Waals surface area contributed by atoms with Crippen LogP contribution in [-0.2, 0) is 4.79 Å². The Balaban J connectivity index is 2.28. The van der Waals surface area contributed by atoms with Crippen LogP contribution in [0.1, 0.15) is 17.9 Å². The van der Waals surface area contributed by atoms with Crippen LogP contribution >= 0.6 is 0 Å². The molecule has 0 saturated heterocycles. The Morgan fingerprint density at radius 1 is 1.25 bits per heavy atom. The van der Waals surface area contributed by atoms with Crippen molar-refractivity contribution in [2.45, 2.75) is 12.3 Å². The van der Waals surface area contributed by atoms with Crippen molar-refractivity contribution in [3.63, 3.8) is 0 Å². The van der Waals surface area contributed by atoms with Crippen molar-refractivity contribution in [1.29, 1.82) is 0 Å². The van der Waals surface area contributed by atoms with Crippen molar-refractivity contribution in [3.8, 4) is 0 Å². The lowest BCUT2D eigenvalue weighted by Gasteiger charge is -2.22. The fourth-order valence-electron chi connectivity index (χ4n) is 2.13. The Hall–Kier alpha value is -1.83. The number of amides is 1. The molecule has 1 aromatic carbocycles. The minimum Gasteiger partial charge on any atom is -0.369 e. The summed E-state index contributed by atoms with van der Waals surface area (Å²) in [6, 6.07) is 9.74. The summed E-state index contributed by atoms with van der Waals surface area (Å²) in [5.74, 6) is -0.288. The molecule has 2 atom stereocenters. The standard InChI is InChI=1S/C14H15NO/c15-14(16)13(11-7-3-1-4-8-11)12-9-5-2-6-10-12/h1-9,12-13H,10H2,(H2,15,16). The molecule has 0 fully saturated rings. The molecule has 16 heavy (non-hydrogen) atoms. The van der Waals surface area contributed by atoms with E-state index in [1.165, 1.54) is 0 Å². The Labute approximate surface area is 95.5 Å². The summed E-state index contributed by atoms with van der Waals surface area (Å²) in [5, 5.41) is 0. The molecule has 1 amide bonds. The maximum atomic E-state index is 11.6. The molecule has 0 heterocycles. The number of rotatable bonds is 3. The van der Waals surface area contributed by atoms with Gasteiger partial charge in [-0.05, 0) is 17.9 Å². The van der Waals surface area contributed by atoms with Crippen molar-refractivity contribution in [3.05, 3.63) is 60.2 Å². The van der Waals surface area contributed by atoms with E-state index in [-0.39, 0.29) is 17.7 Å². The second kappa shape index (κ2) is 4.79. The quantitative estimate of drug-likeness (QED) is 0.823. The molecule has 1 aliphatic rings. The topological polar surface area (TPSA) is 43.1 Å². The SMILES string of the molecule is NC(=O)C(c1ccccc1)C1C=CC=CC1. The van der Waals surface area contributed by atoms with Crippen molar-refractivity contribution >= 4 is 5.91 Å². The number of carbonyl (C=O) groups excluding carboxylic acids is 1. The zero-order chi connectivity index (χ0) is 11.4. The van der Waals surface area contributed by atoms with Gasteiger partial charge in [-0.15, -0.1) is 0 Å². The van der Waals surface area contributed by atoms with E-state index in [0.29, 0.717) is 0 Å². The zero-order valence-corrected chi connectivity index (χ0v) is 9.04. The number of hydrogen-bond donors (Lipinski definition) is 1. The first kappa shape index (κ1) is 10.7. The molecular formula is C14H15NO. The summed E-state index contributed by atoms with van der Waals surface area (Å²) in [7, 11) is 0. The van der Waals surface area contributed by atoms with Crippen molar-refractivity contribution in [1.82, 2.24) is 0 Å². The van der Waals surface area contributed by atoms with Crippen LogP contribution in [0.2, 0.25) is 0 Å². The van der Waals surface area contributed by atoms with E-state index in [1.54, 1.807) is 0 Å². The van der Waals surface area contributed by atoms with Crippen LogP contribution < -0.4 is 5.73 Å². The van der Waals surface area contributed by atoms with Gasteiger partial charge in [0.1, 0.15) is 0 Å². The zero-order valence-electron chi connectivity index (χ0n) is 9.04. The van der Waals surface area contributed by atoms with Gasteiger partial charge in [0.2, 0.25) is 5.91 Å². The molecule has 2 rings (SSSR count). The third kappa shape index (κ3) is 2.22. The summed E-state index contributed by atoms with van der Waals surface area (Å²) in [6.07, 6.45) is 8.98. The van der Waals surface area contributed by atoms with E-state index in [4.69, 9.17) is 5.73 Å². The molecule has 2 N–H and O–H groups in total. The van der Waals surface area contributed by atoms with Gasteiger partial charge in [0.05, 0.1) is 5.92 Å². The second-order valence-corrected chi connectivity index (χ2v) is 4.00. The third-order valence-electron chi connectivity index (χ3n) is 2.91. The molecule has 0 aromatic heterocycles. The van der Waals surface area contributed by atoms with E-state index < -0.39 is 0 Å². The molecule has 2 unspecified atom stereocenters. The Morgan fingerprint density at radius 2 is 2.00 bits per heavy atom. The summed E-state index contributed by atoms with van der Waals surface area (Å²) in [5.41, 5.74) is 6.50. The summed E-state index contributed by atoms with van der Waals surface area (Å²) < 4.78 is 0. The normalized spacial score (nSPS) is 20.6. The largest absolute Gasteiger partial charge is 0.369 e. The predicted octanol–water partition coefficient (Wildman–Crippen LogP) is 2.39. The summed E-state index contributed by atoms with van der Waals surface area (Å²) in [6.45, 7) is 0.